The number of carbonyl (C=O) groups is 1. The summed E-state index contributed by atoms with van der Waals surface area (Å²) in [6, 6.07) is 0. The largest absolute Gasteiger partial charge is 0.380 e. The van der Waals surface area contributed by atoms with Crippen molar-refractivity contribution < 1.29 is 9.53 Å². The molecule has 0 aliphatic rings. The van der Waals surface area contributed by atoms with Crippen LogP contribution in [0, 0.1) is 0 Å². The average Bonchev–Trinajstić information content (AvgIpc) is 2.16. The van der Waals surface area contributed by atoms with Gasteiger partial charge in [0.2, 0.25) is 5.91 Å². The lowest BCUT2D eigenvalue weighted by molar-refractivity contribution is -0.121. The lowest BCUT2D eigenvalue weighted by Crippen LogP contribution is -2.26. The first-order valence-corrected chi connectivity index (χ1v) is 5.15. The van der Waals surface area contributed by atoms with Gasteiger partial charge in [-0.15, -0.1) is 0 Å². The number of hydrogen-bond donors (Lipinski definition) is 1. The summed E-state index contributed by atoms with van der Waals surface area (Å²) in [5.41, 5.74) is 0. The molecule has 0 atom stereocenters. The molecule has 80 valence electrons. The van der Waals surface area contributed by atoms with Crippen LogP contribution in [0.25, 0.3) is 0 Å². The molecule has 0 aliphatic carbocycles. The molecule has 0 aliphatic heterocycles. The Kier molecular flexibility index (Phi) is 16.1. The molecular weight excluding hydrogens is 166 g/mol. The van der Waals surface area contributed by atoms with E-state index in [-0.39, 0.29) is 5.91 Å². The van der Waals surface area contributed by atoms with E-state index in [9.17, 15) is 4.79 Å². The molecule has 0 aromatic carbocycles. The topological polar surface area (TPSA) is 38.3 Å². The summed E-state index contributed by atoms with van der Waals surface area (Å²) in [5.74, 6) is 0.118. The third-order valence-corrected chi connectivity index (χ3v) is 1.25. The van der Waals surface area contributed by atoms with E-state index in [1.54, 1.807) is 0 Å². The van der Waals surface area contributed by atoms with Crippen LogP contribution in [-0.4, -0.2) is 25.7 Å². The fraction of sp³-hybridized carbons (Fsp3) is 0.900. The van der Waals surface area contributed by atoms with Crippen molar-refractivity contribution in [2.24, 2.45) is 0 Å². The maximum atomic E-state index is 10.8. The van der Waals surface area contributed by atoms with Gasteiger partial charge >= 0.3 is 0 Å². The molecule has 0 fully saturated rings. The lowest BCUT2D eigenvalue weighted by atomic mass is 10.3. The average molecular weight is 189 g/mol. The van der Waals surface area contributed by atoms with Gasteiger partial charge in [-0.2, -0.15) is 0 Å². The quantitative estimate of drug-likeness (QED) is 0.649. The zero-order valence-corrected chi connectivity index (χ0v) is 9.35. The third kappa shape index (κ3) is 14.3. The Hall–Kier alpha value is -0.570. The van der Waals surface area contributed by atoms with Crippen LogP contribution in [0.5, 0.6) is 0 Å². The predicted octanol–water partition coefficient (Wildman–Crippen LogP) is 1.97. The van der Waals surface area contributed by atoms with Crippen molar-refractivity contribution in [3.8, 4) is 0 Å². The molecule has 0 rings (SSSR count). The molecule has 1 amide bonds. The highest BCUT2D eigenvalue weighted by Gasteiger charge is 1.96. The Morgan fingerprint density at radius 3 is 2.38 bits per heavy atom. The first kappa shape index (κ1) is 14.9. The molecule has 3 nitrogen and oxygen atoms in total. The summed E-state index contributed by atoms with van der Waals surface area (Å²) in [5, 5.41) is 2.75. The van der Waals surface area contributed by atoms with Gasteiger partial charge in [-0.3, -0.25) is 4.79 Å². The zero-order chi connectivity index (χ0) is 10.5. The zero-order valence-electron chi connectivity index (χ0n) is 9.35. The van der Waals surface area contributed by atoms with Crippen LogP contribution in [-0.2, 0) is 9.53 Å². The highest BCUT2D eigenvalue weighted by atomic mass is 16.5. The van der Waals surface area contributed by atoms with Gasteiger partial charge in [-0.05, 0) is 13.3 Å². The van der Waals surface area contributed by atoms with Crippen molar-refractivity contribution in [2.45, 2.75) is 40.5 Å². The van der Waals surface area contributed by atoms with Crippen molar-refractivity contribution in [1.29, 1.82) is 0 Å². The summed E-state index contributed by atoms with van der Waals surface area (Å²) in [6.07, 6.45) is 1.52. The van der Waals surface area contributed by atoms with Crippen molar-refractivity contribution in [3.63, 3.8) is 0 Å². The number of nitrogens with one attached hydrogen (secondary N) is 1. The van der Waals surface area contributed by atoms with Gasteiger partial charge in [0.1, 0.15) is 0 Å². The minimum Gasteiger partial charge on any atom is -0.380 e. The molecule has 0 aromatic rings. The van der Waals surface area contributed by atoms with Crippen molar-refractivity contribution >= 4 is 5.91 Å². The number of amides is 1. The van der Waals surface area contributed by atoms with E-state index in [1.165, 1.54) is 0 Å². The van der Waals surface area contributed by atoms with Gasteiger partial charge in [0.05, 0.1) is 6.61 Å². The SMILES string of the molecule is CC.CCCC(=O)NCCOCC. The van der Waals surface area contributed by atoms with Gasteiger partial charge in [0.25, 0.3) is 0 Å². The van der Waals surface area contributed by atoms with E-state index >= 15 is 0 Å². The van der Waals surface area contributed by atoms with Crippen LogP contribution in [0.3, 0.4) is 0 Å². The van der Waals surface area contributed by atoms with E-state index in [1.807, 2.05) is 27.7 Å². The van der Waals surface area contributed by atoms with Gasteiger partial charge < -0.3 is 10.1 Å². The summed E-state index contributed by atoms with van der Waals surface area (Å²) in [6.45, 7) is 9.89. The van der Waals surface area contributed by atoms with Gasteiger partial charge in [0, 0.05) is 19.6 Å². The summed E-state index contributed by atoms with van der Waals surface area (Å²) in [4.78, 5) is 10.8. The Balaban J connectivity index is 0. The molecule has 0 spiro atoms. The van der Waals surface area contributed by atoms with E-state index in [0.717, 1.165) is 6.42 Å². The van der Waals surface area contributed by atoms with E-state index in [4.69, 9.17) is 4.74 Å². The number of rotatable bonds is 6. The molecule has 1 N–H and O–H groups in total. The Morgan fingerprint density at radius 2 is 1.92 bits per heavy atom. The fourth-order valence-electron chi connectivity index (χ4n) is 0.722. The second-order valence-electron chi connectivity index (χ2n) is 2.30. The first-order valence-electron chi connectivity index (χ1n) is 5.15. The molecule has 3 heteroatoms. The summed E-state index contributed by atoms with van der Waals surface area (Å²) >= 11 is 0. The Morgan fingerprint density at radius 1 is 1.31 bits per heavy atom. The van der Waals surface area contributed by atoms with Crippen LogP contribution in [0.2, 0.25) is 0 Å². The molecule has 0 bridgehead atoms. The number of hydrogen-bond acceptors (Lipinski definition) is 2. The number of carbonyl (C=O) groups excluding carboxylic acids is 1. The molecule has 0 aromatic heterocycles. The summed E-state index contributed by atoms with van der Waals surface area (Å²) in [7, 11) is 0. The van der Waals surface area contributed by atoms with Crippen LogP contribution in [0.1, 0.15) is 40.5 Å². The lowest BCUT2D eigenvalue weighted by Gasteiger charge is -2.03. The predicted molar refractivity (Wildman–Crippen MR) is 55.8 cm³/mol. The van der Waals surface area contributed by atoms with Crippen molar-refractivity contribution in [1.82, 2.24) is 5.32 Å². The van der Waals surface area contributed by atoms with Crippen LogP contribution < -0.4 is 5.32 Å². The maximum Gasteiger partial charge on any atom is 0.220 e. The van der Waals surface area contributed by atoms with Crippen LogP contribution >= 0.6 is 0 Å². The molecular formula is C10H23NO2. The highest BCUT2D eigenvalue weighted by molar-refractivity contribution is 5.75. The van der Waals surface area contributed by atoms with Crippen LogP contribution in [0.15, 0.2) is 0 Å². The number of ether oxygens (including phenoxy) is 1. The van der Waals surface area contributed by atoms with Gasteiger partial charge in [-0.1, -0.05) is 20.8 Å². The van der Waals surface area contributed by atoms with Gasteiger partial charge in [-0.25, -0.2) is 0 Å². The monoisotopic (exact) mass is 189 g/mol. The molecule has 13 heavy (non-hydrogen) atoms. The minimum absolute atomic E-state index is 0.118. The minimum atomic E-state index is 0.118. The molecule has 0 heterocycles. The van der Waals surface area contributed by atoms with Crippen molar-refractivity contribution in [3.05, 3.63) is 0 Å². The second kappa shape index (κ2) is 14.0. The standard InChI is InChI=1S/C8H17NO2.C2H6/c1-3-5-8(10)9-6-7-11-4-2;1-2/h3-7H2,1-2H3,(H,9,10);1-2H3. The van der Waals surface area contributed by atoms with E-state index in [2.05, 4.69) is 5.32 Å². The summed E-state index contributed by atoms with van der Waals surface area (Å²) < 4.78 is 5.05. The molecule has 0 unspecified atom stereocenters. The molecule has 0 saturated heterocycles. The maximum absolute atomic E-state index is 10.8. The Labute approximate surface area is 81.9 Å². The normalized spacial score (nSPS) is 8.62. The van der Waals surface area contributed by atoms with Crippen molar-refractivity contribution in [2.75, 3.05) is 19.8 Å². The first-order chi connectivity index (χ1) is 6.31. The second-order valence-corrected chi connectivity index (χ2v) is 2.30. The smallest absolute Gasteiger partial charge is 0.220 e. The van der Waals surface area contributed by atoms with E-state index < -0.39 is 0 Å². The Bertz CT molecular complexity index is 105. The highest BCUT2D eigenvalue weighted by Crippen LogP contribution is 1.84. The molecule has 0 saturated carbocycles. The molecule has 0 radical (unpaired) electrons. The van der Waals surface area contributed by atoms with Crippen LogP contribution in [0.4, 0.5) is 0 Å². The fourth-order valence-corrected chi connectivity index (χ4v) is 0.722. The van der Waals surface area contributed by atoms with Gasteiger partial charge in [0.15, 0.2) is 0 Å². The van der Waals surface area contributed by atoms with E-state index in [0.29, 0.717) is 26.2 Å². The third-order valence-electron chi connectivity index (χ3n) is 1.25.